The van der Waals surface area contributed by atoms with E-state index in [0.717, 1.165) is 12.2 Å². The lowest BCUT2D eigenvalue weighted by Gasteiger charge is -2.19. The average molecular weight is 295 g/mol. The number of carbonyl (C=O) groups is 1. The van der Waals surface area contributed by atoms with Crippen LogP contribution in [-0.4, -0.2) is 37.7 Å². The van der Waals surface area contributed by atoms with Crippen molar-refractivity contribution in [2.24, 2.45) is 0 Å². The molecule has 0 saturated heterocycles. The Bertz CT molecular complexity index is 478. The van der Waals surface area contributed by atoms with E-state index in [-0.39, 0.29) is 12.0 Å². The van der Waals surface area contributed by atoms with Crippen LogP contribution in [0.1, 0.15) is 24.1 Å². The predicted octanol–water partition coefficient (Wildman–Crippen LogP) is 2.18. The Hall–Kier alpha value is -1.20. The van der Waals surface area contributed by atoms with Crippen molar-refractivity contribution in [1.29, 1.82) is 0 Å². The normalized spacial score (nSPS) is 20.6. The Balaban J connectivity index is 2.05. The molecule has 5 heteroatoms. The van der Waals surface area contributed by atoms with Gasteiger partial charge in [0.1, 0.15) is 5.75 Å². The van der Waals surface area contributed by atoms with E-state index in [9.17, 15) is 4.79 Å². The number of fused-ring (bicyclic) bond motifs is 1. The summed E-state index contributed by atoms with van der Waals surface area (Å²) in [4.78, 5) is 11.5. The molecule has 20 heavy (non-hydrogen) atoms. The van der Waals surface area contributed by atoms with Crippen LogP contribution in [0.15, 0.2) is 18.2 Å². The first-order valence-electron chi connectivity index (χ1n) is 6.80. The number of ether oxygens (including phenoxy) is 2. The first-order chi connectivity index (χ1) is 9.69. The Labute approximate surface area is 124 Å². The maximum atomic E-state index is 11.5. The molecule has 0 bridgehead atoms. The summed E-state index contributed by atoms with van der Waals surface area (Å²) in [6, 6.07) is 6.44. The molecule has 2 unspecified atom stereocenters. The molecule has 4 nitrogen and oxygen atoms in total. The summed E-state index contributed by atoms with van der Waals surface area (Å²) in [5.41, 5.74) is 2.60. The Morgan fingerprint density at radius 2 is 2.30 bits per heavy atom. The van der Waals surface area contributed by atoms with Crippen molar-refractivity contribution in [3.8, 4) is 5.75 Å². The molecule has 1 N–H and O–H groups in total. The molecule has 0 aliphatic heterocycles. The van der Waals surface area contributed by atoms with Gasteiger partial charge in [-0.25, -0.2) is 0 Å². The van der Waals surface area contributed by atoms with Gasteiger partial charge in [0, 0.05) is 11.3 Å². The fourth-order valence-electron chi connectivity index (χ4n) is 2.58. The van der Waals surface area contributed by atoms with Gasteiger partial charge in [-0.3, -0.25) is 4.79 Å². The summed E-state index contributed by atoms with van der Waals surface area (Å²) in [5.74, 6) is 1.14. The molecule has 0 spiro atoms. The molecular weight excluding hydrogens is 274 g/mol. The monoisotopic (exact) mass is 295 g/mol. The topological polar surface area (TPSA) is 47.6 Å². The van der Waals surface area contributed by atoms with Gasteiger partial charge in [-0.15, -0.1) is 11.8 Å². The SMILES string of the molecule is CCOC(=O)CSC1Cc2ccc(OC)cc2C1NC. The van der Waals surface area contributed by atoms with Crippen molar-refractivity contribution in [3.05, 3.63) is 29.3 Å². The van der Waals surface area contributed by atoms with E-state index in [1.807, 2.05) is 20.0 Å². The fraction of sp³-hybridized carbons (Fsp3) is 0.533. The van der Waals surface area contributed by atoms with Crippen molar-refractivity contribution in [1.82, 2.24) is 5.32 Å². The number of rotatable bonds is 6. The third kappa shape index (κ3) is 3.27. The molecule has 0 fully saturated rings. The van der Waals surface area contributed by atoms with E-state index in [1.54, 1.807) is 18.9 Å². The zero-order valence-electron chi connectivity index (χ0n) is 12.1. The summed E-state index contributed by atoms with van der Waals surface area (Å²) in [5, 5.41) is 3.70. The molecule has 2 rings (SSSR count). The first-order valence-corrected chi connectivity index (χ1v) is 7.85. The van der Waals surface area contributed by atoms with Crippen LogP contribution in [0.25, 0.3) is 0 Å². The minimum Gasteiger partial charge on any atom is -0.497 e. The molecule has 0 heterocycles. The van der Waals surface area contributed by atoms with Gasteiger partial charge in [0.15, 0.2) is 0 Å². The predicted molar refractivity (Wildman–Crippen MR) is 81.4 cm³/mol. The molecule has 0 aromatic heterocycles. The molecule has 1 aliphatic carbocycles. The van der Waals surface area contributed by atoms with Crippen LogP contribution in [0.5, 0.6) is 5.75 Å². The second kappa shape index (κ2) is 6.99. The summed E-state index contributed by atoms with van der Waals surface area (Å²) in [7, 11) is 3.63. The van der Waals surface area contributed by atoms with Crippen molar-refractivity contribution < 1.29 is 14.3 Å². The van der Waals surface area contributed by atoms with E-state index in [4.69, 9.17) is 9.47 Å². The number of hydrogen-bond acceptors (Lipinski definition) is 5. The summed E-state index contributed by atoms with van der Waals surface area (Å²) < 4.78 is 10.3. The lowest BCUT2D eigenvalue weighted by atomic mass is 10.1. The molecule has 1 aromatic rings. The van der Waals surface area contributed by atoms with Gasteiger partial charge in [-0.2, -0.15) is 0 Å². The molecule has 1 aromatic carbocycles. The minimum atomic E-state index is -0.138. The highest BCUT2D eigenvalue weighted by atomic mass is 32.2. The minimum absolute atomic E-state index is 0.138. The third-order valence-electron chi connectivity index (χ3n) is 3.51. The molecule has 0 radical (unpaired) electrons. The van der Waals surface area contributed by atoms with E-state index in [1.165, 1.54) is 11.1 Å². The molecule has 110 valence electrons. The Morgan fingerprint density at radius 3 is 2.95 bits per heavy atom. The highest BCUT2D eigenvalue weighted by Crippen LogP contribution is 2.39. The van der Waals surface area contributed by atoms with Crippen LogP contribution in [0, 0.1) is 0 Å². The van der Waals surface area contributed by atoms with Crippen molar-refractivity contribution in [2.45, 2.75) is 24.6 Å². The van der Waals surface area contributed by atoms with E-state index >= 15 is 0 Å². The number of benzene rings is 1. The van der Waals surface area contributed by atoms with Crippen LogP contribution in [0.2, 0.25) is 0 Å². The van der Waals surface area contributed by atoms with Crippen molar-refractivity contribution >= 4 is 17.7 Å². The standard InChI is InChI=1S/C15H21NO3S/c1-4-19-14(17)9-20-13-7-10-5-6-11(18-3)8-12(10)15(13)16-2/h5-6,8,13,15-16H,4,7,9H2,1-3H3. The van der Waals surface area contributed by atoms with E-state index < -0.39 is 0 Å². The zero-order valence-corrected chi connectivity index (χ0v) is 13.0. The van der Waals surface area contributed by atoms with Crippen LogP contribution >= 0.6 is 11.8 Å². The second-order valence-electron chi connectivity index (χ2n) is 4.69. The van der Waals surface area contributed by atoms with Crippen LogP contribution < -0.4 is 10.1 Å². The first kappa shape index (κ1) is 15.2. The summed E-state index contributed by atoms with van der Waals surface area (Å²) in [6.07, 6.45) is 0.967. The van der Waals surface area contributed by atoms with Gasteiger partial charge < -0.3 is 14.8 Å². The molecule has 1 aliphatic rings. The van der Waals surface area contributed by atoms with Crippen LogP contribution in [0.4, 0.5) is 0 Å². The fourth-order valence-corrected chi connectivity index (χ4v) is 3.79. The lowest BCUT2D eigenvalue weighted by Crippen LogP contribution is -2.24. The largest absolute Gasteiger partial charge is 0.497 e. The maximum Gasteiger partial charge on any atom is 0.315 e. The smallest absolute Gasteiger partial charge is 0.315 e. The molecule has 0 amide bonds. The van der Waals surface area contributed by atoms with Crippen molar-refractivity contribution in [3.63, 3.8) is 0 Å². The highest BCUT2D eigenvalue weighted by molar-refractivity contribution is 8.00. The third-order valence-corrected chi connectivity index (χ3v) is 4.78. The van der Waals surface area contributed by atoms with Gasteiger partial charge in [-0.1, -0.05) is 6.07 Å². The van der Waals surface area contributed by atoms with E-state index in [0.29, 0.717) is 17.6 Å². The van der Waals surface area contributed by atoms with Gasteiger partial charge >= 0.3 is 5.97 Å². The highest BCUT2D eigenvalue weighted by Gasteiger charge is 2.32. The average Bonchev–Trinajstić information content (AvgIpc) is 2.81. The van der Waals surface area contributed by atoms with Crippen LogP contribution in [-0.2, 0) is 16.0 Å². The molecule has 2 atom stereocenters. The van der Waals surface area contributed by atoms with Crippen molar-refractivity contribution in [2.75, 3.05) is 26.5 Å². The van der Waals surface area contributed by atoms with Gasteiger partial charge in [-0.05, 0) is 43.7 Å². The number of nitrogens with one attached hydrogen (secondary N) is 1. The van der Waals surface area contributed by atoms with Gasteiger partial charge in [0.05, 0.1) is 19.5 Å². The quantitative estimate of drug-likeness (QED) is 0.815. The number of methoxy groups -OCH3 is 1. The lowest BCUT2D eigenvalue weighted by molar-refractivity contribution is -0.139. The van der Waals surface area contributed by atoms with Gasteiger partial charge in [0.2, 0.25) is 0 Å². The number of carbonyl (C=O) groups excluding carboxylic acids is 1. The maximum absolute atomic E-state index is 11.5. The summed E-state index contributed by atoms with van der Waals surface area (Å²) in [6.45, 7) is 2.27. The zero-order chi connectivity index (χ0) is 14.5. The van der Waals surface area contributed by atoms with Gasteiger partial charge in [0.25, 0.3) is 0 Å². The summed E-state index contributed by atoms with van der Waals surface area (Å²) >= 11 is 1.66. The number of hydrogen-bond donors (Lipinski definition) is 1. The molecular formula is C15H21NO3S. The molecule has 0 saturated carbocycles. The Kier molecular flexibility index (Phi) is 5.31. The van der Waals surface area contributed by atoms with E-state index in [2.05, 4.69) is 17.4 Å². The van der Waals surface area contributed by atoms with Crippen LogP contribution in [0.3, 0.4) is 0 Å². The number of thioether (sulfide) groups is 1. The second-order valence-corrected chi connectivity index (χ2v) is 5.92. The Morgan fingerprint density at radius 1 is 1.50 bits per heavy atom. The number of esters is 1.